The summed E-state index contributed by atoms with van der Waals surface area (Å²) in [5.74, 6) is -0.842. The van der Waals surface area contributed by atoms with E-state index in [1.807, 2.05) is 6.07 Å². The van der Waals surface area contributed by atoms with Gasteiger partial charge in [0.15, 0.2) is 5.13 Å². The normalized spacial score (nSPS) is 10.4. The third-order valence-electron chi connectivity index (χ3n) is 4.31. The zero-order chi connectivity index (χ0) is 20.9. The molecule has 0 atom stereocenters. The molecule has 0 aliphatic carbocycles. The Balaban J connectivity index is 1.39. The fourth-order valence-corrected chi connectivity index (χ4v) is 3.47. The molecule has 30 heavy (non-hydrogen) atoms. The number of thiazole rings is 1. The molecule has 1 heterocycles. The van der Waals surface area contributed by atoms with Gasteiger partial charge in [0.2, 0.25) is 0 Å². The van der Waals surface area contributed by atoms with Gasteiger partial charge in [-0.1, -0.05) is 18.2 Å². The minimum Gasteiger partial charge on any atom is -0.322 e. The molecule has 0 spiro atoms. The molecule has 148 valence electrons. The van der Waals surface area contributed by atoms with E-state index in [0.29, 0.717) is 27.6 Å². The van der Waals surface area contributed by atoms with Crippen LogP contribution >= 0.6 is 11.3 Å². The first-order valence-electron chi connectivity index (χ1n) is 9.08. The van der Waals surface area contributed by atoms with Crippen molar-refractivity contribution in [1.82, 2.24) is 4.98 Å². The number of benzene rings is 3. The summed E-state index contributed by atoms with van der Waals surface area (Å²) in [6.45, 7) is 0. The molecule has 1 aromatic heterocycles. The first kappa shape index (κ1) is 19.5. The summed E-state index contributed by atoms with van der Waals surface area (Å²) in [6, 6.07) is 21.5. The third kappa shape index (κ3) is 4.59. The van der Waals surface area contributed by atoms with Gasteiger partial charge in [0, 0.05) is 27.8 Å². The summed E-state index contributed by atoms with van der Waals surface area (Å²) in [5.41, 5.74) is 3.01. The van der Waals surface area contributed by atoms with Crippen molar-refractivity contribution in [2.45, 2.75) is 0 Å². The van der Waals surface area contributed by atoms with Crippen LogP contribution in [-0.2, 0) is 0 Å². The summed E-state index contributed by atoms with van der Waals surface area (Å²) in [7, 11) is 0. The number of nitrogens with zero attached hydrogens (tertiary/aromatic N) is 1. The van der Waals surface area contributed by atoms with Gasteiger partial charge in [0.1, 0.15) is 5.82 Å². The van der Waals surface area contributed by atoms with Gasteiger partial charge in [0.05, 0.1) is 5.69 Å². The zero-order valence-corrected chi connectivity index (χ0v) is 16.4. The lowest BCUT2D eigenvalue weighted by Gasteiger charge is -2.06. The molecule has 0 saturated carbocycles. The Labute approximate surface area is 176 Å². The number of halogens is 1. The van der Waals surface area contributed by atoms with Crippen LogP contribution in [0.2, 0.25) is 0 Å². The topological polar surface area (TPSA) is 71.1 Å². The van der Waals surface area contributed by atoms with Gasteiger partial charge in [-0.15, -0.1) is 11.3 Å². The van der Waals surface area contributed by atoms with Crippen molar-refractivity contribution < 1.29 is 14.0 Å². The average Bonchev–Trinajstić information content (AvgIpc) is 3.23. The van der Waals surface area contributed by atoms with Crippen molar-refractivity contribution in [2.75, 3.05) is 10.6 Å². The quantitative estimate of drug-likeness (QED) is 0.453. The minimum absolute atomic E-state index is 0.219. The minimum atomic E-state index is -0.314. The van der Waals surface area contributed by atoms with Crippen molar-refractivity contribution in [3.63, 3.8) is 0 Å². The summed E-state index contributed by atoms with van der Waals surface area (Å²) in [6.07, 6.45) is 0. The van der Waals surface area contributed by atoms with Gasteiger partial charge in [-0.05, 0) is 60.7 Å². The van der Waals surface area contributed by atoms with Gasteiger partial charge in [-0.3, -0.25) is 14.9 Å². The largest absolute Gasteiger partial charge is 0.322 e. The average molecular weight is 417 g/mol. The molecule has 0 unspecified atom stereocenters. The van der Waals surface area contributed by atoms with Crippen LogP contribution in [0.15, 0.2) is 84.2 Å². The van der Waals surface area contributed by atoms with Crippen LogP contribution in [0, 0.1) is 5.82 Å². The molecular weight excluding hydrogens is 401 g/mol. The molecule has 0 fully saturated rings. The second-order valence-electron chi connectivity index (χ2n) is 6.40. The first-order valence-corrected chi connectivity index (χ1v) is 9.96. The molecule has 5 nitrogen and oxygen atoms in total. The summed E-state index contributed by atoms with van der Waals surface area (Å²) in [5, 5.41) is 7.79. The summed E-state index contributed by atoms with van der Waals surface area (Å²) >= 11 is 1.29. The fourth-order valence-electron chi connectivity index (χ4n) is 2.75. The van der Waals surface area contributed by atoms with E-state index in [2.05, 4.69) is 15.6 Å². The van der Waals surface area contributed by atoms with Crippen molar-refractivity contribution in [2.24, 2.45) is 0 Å². The van der Waals surface area contributed by atoms with Crippen LogP contribution in [-0.4, -0.2) is 16.8 Å². The number of anilines is 2. The van der Waals surface area contributed by atoms with Crippen LogP contribution in [0.5, 0.6) is 0 Å². The molecule has 2 N–H and O–H groups in total. The lowest BCUT2D eigenvalue weighted by molar-refractivity contribution is 0.102. The Morgan fingerprint density at radius 1 is 0.767 bits per heavy atom. The molecule has 7 heteroatoms. The second kappa shape index (κ2) is 8.67. The van der Waals surface area contributed by atoms with E-state index < -0.39 is 0 Å². The van der Waals surface area contributed by atoms with Crippen LogP contribution in [0.3, 0.4) is 0 Å². The number of carbonyl (C=O) groups excluding carboxylic acids is 2. The van der Waals surface area contributed by atoms with Crippen LogP contribution in [0.25, 0.3) is 11.3 Å². The first-order chi connectivity index (χ1) is 14.6. The van der Waals surface area contributed by atoms with Gasteiger partial charge in [0.25, 0.3) is 11.8 Å². The maximum Gasteiger partial charge on any atom is 0.257 e. The van der Waals surface area contributed by atoms with Crippen LogP contribution in [0.4, 0.5) is 15.2 Å². The van der Waals surface area contributed by atoms with E-state index in [1.54, 1.807) is 66.0 Å². The lowest BCUT2D eigenvalue weighted by Crippen LogP contribution is -2.13. The van der Waals surface area contributed by atoms with E-state index in [0.717, 1.165) is 5.56 Å². The molecule has 3 aromatic carbocycles. The van der Waals surface area contributed by atoms with Gasteiger partial charge in [-0.25, -0.2) is 9.37 Å². The molecule has 4 rings (SSSR count). The molecule has 0 bridgehead atoms. The predicted molar refractivity (Wildman–Crippen MR) is 116 cm³/mol. The monoisotopic (exact) mass is 417 g/mol. The van der Waals surface area contributed by atoms with E-state index in [4.69, 9.17) is 0 Å². The number of hydrogen-bond acceptors (Lipinski definition) is 4. The number of rotatable bonds is 5. The second-order valence-corrected chi connectivity index (χ2v) is 7.25. The third-order valence-corrected chi connectivity index (χ3v) is 5.06. The Hall–Kier alpha value is -3.84. The number of aromatic nitrogens is 1. The predicted octanol–water partition coefficient (Wildman–Crippen LogP) is 5.45. The highest BCUT2D eigenvalue weighted by molar-refractivity contribution is 7.14. The Kier molecular flexibility index (Phi) is 5.63. The van der Waals surface area contributed by atoms with Crippen LogP contribution in [0.1, 0.15) is 20.7 Å². The van der Waals surface area contributed by atoms with Gasteiger partial charge in [-0.2, -0.15) is 0 Å². The number of nitrogens with one attached hydrogen (secondary N) is 2. The Morgan fingerprint density at radius 2 is 1.40 bits per heavy atom. The standard InChI is InChI=1S/C23H16FN3O2S/c24-18-10-6-15(7-11-18)20-14-30-23(26-20)27-22(29)17-8-12-19(13-9-17)25-21(28)16-4-2-1-3-5-16/h1-14H,(H,25,28)(H,26,27,29). The van der Waals surface area contributed by atoms with E-state index in [-0.39, 0.29) is 17.6 Å². The summed E-state index contributed by atoms with van der Waals surface area (Å²) < 4.78 is 13.1. The highest BCUT2D eigenvalue weighted by Gasteiger charge is 2.11. The fraction of sp³-hybridized carbons (Fsp3) is 0. The Bertz CT molecular complexity index is 1170. The number of carbonyl (C=O) groups is 2. The molecule has 0 saturated heterocycles. The van der Waals surface area contributed by atoms with E-state index in [9.17, 15) is 14.0 Å². The van der Waals surface area contributed by atoms with Gasteiger partial charge < -0.3 is 5.32 Å². The van der Waals surface area contributed by atoms with Crippen molar-refractivity contribution in [3.8, 4) is 11.3 Å². The smallest absolute Gasteiger partial charge is 0.257 e. The van der Waals surface area contributed by atoms with Crippen molar-refractivity contribution in [1.29, 1.82) is 0 Å². The SMILES string of the molecule is O=C(Nc1ccc(C(=O)Nc2nc(-c3ccc(F)cc3)cs2)cc1)c1ccccc1. The van der Waals surface area contributed by atoms with Crippen molar-refractivity contribution in [3.05, 3.63) is 101 Å². The maximum atomic E-state index is 13.1. The molecule has 0 aliphatic rings. The van der Waals surface area contributed by atoms with Gasteiger partial charge >= 0.3 is 0 Å². The number of hydrogen-bond donors (Lipinski definition) is 2. The number of amides is 2. The molecule has 2 amide bonds. The van der Waals surface area contributed by atoms with E-state index >= 15 is 0 Å². The van der Waals surface area contributed by atoms with Crippen LogP contribution < -0.4 is 10.6 Å². The molecule has 0 radical (unpaired) electrons. The maximum absolute atomic E-state index is 13.1. The van der Waals surface area contributed by atoms with E-state index in [1.165, 1.54) is 23.5 Å². The summed E-state index contributed by atoms with van der Waals surface area (Å²) in [4.78, 5) is 29.0. The zero-order valence-electron chi connectivity index (χ0n) is 15.6. The molecular formula is C23H16FN3O2S. The Morgan fingerprint density at radius 3 is 2.10 bits per heavy atom. The highest BCUT2D eigenvalue weighted by atomic mass is 32.1. The molecule has 0 aliphatic heterocycles. The highest BCUT2D eigenvalue weighted by Crippen LogP contribution is 2.25. The van der Waals surface area contributed by atoms with Crippen molar-refractivity contribution >= 4 is 34.0 Å². The lowest BCUT2D eigenvalue weighted by atomic mass is 10.1. The molecule has 4 aromatic rings.